The van der Waals surface area contributed by atoms with Crippen LogP contribution in [0.1, 0.15) is 6.92 Å². The number of piperazine rings is 1. The summed E-state index contributed by atoms with van der Waals surface area (Å²) < 4.78 is 24.0. The molecule has 1 fully saturated rings. The van der Waals surface area contributed by atoms with Crippen LogP contribution in [0.4, 0.5) is 0 Å². The Morgan fingerprint density at radius 1 is 1.35 bits per heavy atom. The molecule has 1 aliphatic rings. The first-order valence-electron chi connectivity index (χ1n) is 5.40. The zero-order valence-electron chi connectivity index (χ0n) is 10.2. The second-order valence-corrected chi connectivity index (χ2v) is 6.15. The lowest BCUT2D eigenvalue weighted by Gasteiger charge is -2.28. The summed E-state index contributed by atoms with van der Waals surface area (Å²) in [4.78, 5) is 13.5. The first-order chi connectivity index (χ1) is 7.47. The fraction of sp³-hybridized carbons (Fsp3) is 0.889. The minimum absolute atomic E-state index is 0. The van der Waals surface area contributed by atoms with E-state index in [-0.39, 0.29) is 30.6 Å². The van der Waals surface area contributed by atoms with Crippen LogP contribution < -0.4 is 5.32 Å². The van der Waals surface area contributed by atoms with Gasteiger partial charge in [-0.25, -0.2) is 8.42 Å². The van der Waals surface area contributed by atoms with Gasteiger partial charge < -0.3 is 10.2 Å². The topological polar surface area (TPSA) is 69.7 Å². The summed E-state index contributed by atoms with van der Waals surface area (Å²) in [5.74, 6) is -0.0979. The molecular weight excluding hydrogens is 266 g/mol. The lowest BCUT2D eigenvalue weighted by molar-refractivity contribution is -0.131. The maximum atomic E-state index is 11.8. The third-order valence-corrected chi connectivity index (χ3v) is 4.48. The molecule has 0 aromatic heterocycles. The predicted molar refractivity (Wildman–Crippen MR) is 68.8 cm³/mol. The van der Waals surface area contributed by atoms with Crippen molar-refractivity contribution in [2.45, 2.75) is 6.92 Å². The van der Waals surface area contributed by atoms with E-state index >= 15 is 0 Å². The van der Waals surface area contributed by atoms with E-state index in [1.807, 2.05) is 0 Å². The van der Waals surface area contributed by atoms with Gasteiger partial charge in [-0.1, -0.05) is 0 Å². The molecule has 0 spiro atoms. The average molecular weight is 286 g/mol. The molecule has 8 heteroatoms. The van der Waals surface area contributed by atoms with E-state index in [2.05, 4.69) is 5.32 Å². The van der Waals surface area contributed by atoms with Crippen LogP contribution in [0.3, 0.4) is 0 Å². The van der Waals surface area contributed by atoms with Crippen molar-refractivity contribution < 1.29 is 13.2 Å². The zero-order chi connectivity index (χ0) is 12.2. The Morgan fingerprint density at radius 2 is 1.88 bits per heavy atom. The van der Waals surface area contributed by atoms with Crippen LogP contribution >= 0.6 is 12.4 Å². The number of likely N-dealkylation sites (N-methyl/N-ethyl adjacent to an activating group) is 1. The molecule has 0 radical (unpaired) electrons. The van der Waals surface area contributed by atoms with Crippen molar-refractivity contribution >= 4 is 28.3 Å². The lowest BCUT2D eigenvalue weighted by atomic mass is 10.3. The molecule has 6 nitrogen and oxygen atoms in total. The third-order valence-electron chi connectivity index (χ3n) is 2.67. The molecule has 0 aliphatic carbocycles. The first kappa shape index (κ1) is 16.6. The molecule has 1 amide bonds. The minimum Gasteiger partial charge on any atom is -0.339 e. The number of hydrogen-bond donors (Lipinski definition) is 1. The number of halogens is 1. The second-order valence-electron chi connectivity index (χ2n) is 3.79. The van der Waals surface area contributed by atoms with Gasteiger partial charge in [-0.05, 0) is 6.92 Å². The Balaban J connectivity index is 0.00000256. The normalized spacial score (nSPS) is 16.8. The number of hydrogen-bond acceptors (Lipinski definition) is 4. The highest BCUT2D eigenvalue weighted by Crippen LogP contribution is 2.00. The molecule has 1 aliphatic heterocycles. The van der Waals surface area contributed by atoms with Gasteiger partial charge in [0.25, 0.3) is 0 Å². The van der Waals surface area contributed by atoms with Crippen LogP contribution in [0.25, 0.3) is 0 Å². The van der Waals surface area contributed by atoms with Crippen molar-refractivity contribution in [2.75, 3.05) is 45.5 Å². The van der Waals surface area contributed by atoms with E-state index in [1.54, 1.807) is 11.8 Å². The predicted octanol–water partition coefficient (Wildman–Crippen LogP) is -0.878. The van der Waals surface area contributed by atoms with Gasteiger partial charge in [0.05, 0.1) is 12.3 Å². The van der Waals surface area contributed by atoms with Gasteiger partial charge in [-0.15, -0.1) is 12.4 Å². The molecule has 0 atom stereocenters. The Hall–Kier alpha value is -0.370. The molecular formula is C9H20ClN3O3S. The summed E-state index contributed by atoms with van der Waals surface area (Å²) in [5.41, 5.74) is 0. The van der Waals surface area contributed by atoms with Gasteiger partial charge in [0.15, 0.2) is 0 Å². The summed E-state index contributed by atoms with van der Waals surface area (Å²) in [6.45, 7) is 4.36. The number of carbonyl (C=O) groups is 1. The number of rotatable bonds is 4. The fourth-order valence-electron chi connectivity index (χ4n) is 1.52. The number of sulfonamides is 1. The van der Waals surface area contributed by atoms with Gasteiger partial charge in [-0.3, -0.25) is 4.79 Å². The Morgan fingerprint density at radius 3 is 2.35 bits per heavy atom. The Kier molecular flexibility index (Phi) is 6.99. The van der Waals surface area contributed by atoms with Crippen molar-refractivity contribution in [2.24, 2.45) is 0 Å². The average Bonchev–Trinajstić information content (AvgIpc) is 2.30. The molecule has 1 heterocycles. The quantitative estimate of drug-likeness (QED) is 0.728. The summed E-state index contributed by atoms with van der Waals surface area (Å²) >= 11 is 0. The number of nitrogens with zero attached hydrogens (tertiary/aromatic N) is 2. The van der Waals surface area contributed by atoms with Crippen molar-refractivity contribution in [3.8, 4) is 0 Å². The number of amides is 1. The van der Waals surface area contributed by atoms with Gasteiger partial charge in [0.1, 0.15) is 0 Å². The molecule has 0 unspecified atom stereocenters. The highest BCUT2D eigenvalue weighted by molar-refractivity contribution is 7.89. The molecule has 102 valence electrons. The van der Waals surface area contributed by atoms with Crippen molar-refractivity contribution in [3.63, 3.8) is 0 Å². The van der Waals surface area contributed by atoms with Gasteiger partial charge in [0, 0.05) is 33.2 Å². The monoisotopic (exact) mass is 285 g/mol. The maximum Gasteiger partial charge on any atom is 0.237 e. The third kappa shape index (κ3) is 4.79. The molecule has 0 aromatic carbocycles. The fourth-order valence-corrected chi connectivity index (χ4v) is 2.27. The summed E-state index contributed by atoms with van der Waals surface area (Å²) in [5, 5.41) is 3.14. The first-order valence-corrected chi connectivity index (χ1v) is 7.01. The van der Waals surface area contributed by atoms with Crippen molar-refractivity contribution in [1.82, 2.24) is 14.5 Å². The van der Waals surface area contributed by atoms with Gasteiger partial charge in [-0.2, -0.15) is 4.31 Å². The SMILES string of the molecule is CCS(=O)(=O)N(C)CC(=O)N1CCNCC1.Cl. The number of nitrogens with one attached hydrogen (secondary N) is 1. The van der Waals surface area contributed by atoms with Crippen LogP contribution in [0.15, 0.2) is 0 Å². The van der Waals surface area contributed by atoms with Crippen LogP contribution in [0.2, 0.25) is 0 Å². The van der Waals surface area contributed by atoms with E-state index < -0.39 is 10.0 Å². The molecule has 17 heavy (non-hydrogen) atoms. The van der Waals surface area contributed by atoms with Crippen LogP contribution in [0, 0.1) is 0 Å². The van der Waals surface area contributed by atoms with E-state index in [4.69, 9.17) is 0 Å². The summed E-state index contributed by atoms with van der Waals surface area (Å²) in [7, 11) is -1.82. The zero-order valence-corrected chi connectivity index (χ0v) is 11.8. The largest absolute Gasteiger partial charge is 0.339 e. The van der Waals surface area contributed by atoms with Crippen molar-refractivity contribution in [3.05, 3.63) is 0 Å². The highest BCUT2D eigenvalue weighted by Gasteiger charge is 2.22. The molecule has 1 N–H and O–H groups in total. The summed E-state index contributed by atoms with van der Waals surface area (Å²) in [6, 6.07) is 0. The maximum absolute atomic E-state index is 11.8. The Bertz CT molecular complexity index is 341. The van der Waals surface area contributed by atoms with E-state index in [1.165, 1.54) is 7.05 Å². The molecule has 0 saturated carbocycles. The molecule has 0 aromatic rings. The summed E-state index contributed by atoms with van der Waals surface area (Å²) in [6.07, 6.45) is 0. The number of carbonyl (C=O) groups excluding carboxylic acids is 1. The van der Waals surface area contributed by atoms with Gasteiger partial charge >= 0.3 is 0 Å². The van der Waals surface area contributed by atoms with Crippen LogP contribution in [0.5, 0.6) is 0 Å². The van der Waals surface area contributed by atoms with Crippen LogP contribution in [-0.4, -0.2) is 69.1 Å². The van der Waals surface area contributed by atoms with Crippen molar-refractivity contribution in [1.29, 1.82) is 0 Å². The lowest BCUT2D eigenvalue weighted by Crippen LogP contribution is -2.49. The molecule has 1 saturated heterocycles. The Labute approximate surface area is 109 Å². The smallest absolute Gasteiger partial charge is 0.237 e. The molecule has 1 rings (SSSR count). The van der Waals surface area contributed by atoms with E-state index in [0.717, 1.165) is 17.4 Å². The van der Waals surface area contributed by atoms with Gasteiger partial charge in [0.2, 0.25) is 15.9 Å². The van der Waals surface area contributed by atoms with Crippen LogP contribution in [-0.2, 0) is 14.8 Å². The minimum atomic E-state index is -3.26. The highest BCUT2D eigenvalue weighted by atomic mass is 35.5. The standard InChI is InChI=1S/C9H19N3O3S.ClH/c1-3-16(14,15)11(2)8-9(13)12-6-4-10-5-7-12;/h10H,3-8H2,1-2H3;1H. The van der Waals surface area contributed by atoms with E-state index in [9.17, 15) is 13.2 Å². The second kappa shape index (κ2) is 7.15. The molecule has 0 bridgehead atoms. The van der Waals surface area contributed by atoms with E-state index in [0.29, 0.717) is 13.1 Å².